The number of alkyl carbamates (subject to hydrolysis) is 1. The van der Waals surface area contributed by atoms with E-state index in [2.05, 4.69) is 29.6 Å². The van der Waals surface area contributed by atoms with E-state index in [1.54, 1.807) is 4.90 Å². The van der Waals surface area contributed by atoms with Crippen LogP contribution in [0.3, 0.4) is 0 Å². The van der Waals surface area contributed by atoms with Crippen molar-refractivity contribution in [1.82, 2.24) is 10.2 Å². The molecule has 172 valence electrons. The number of carboxylic acids is 1. The number of carbonyl (C=O) groups is 3. The maximum atomic E-state index is 12.7. The highest BCUT2D eigenvalue weighted by Gasteiger charge is 2.39. The van der Waals surface area contributed by atoms with Gasteiger partial charge in [0.05, 0.1) is 5.92 Å². The van der Waals surface area contributed by atoms with E-state index >= 15 is 0 Å². The molecule has 3 aliphatic rings. The molecule has 7 nitrogen and oxygen atoms in total. The lowest BCUT2D eigenvalue weighted by Crippen LogP contribution is -2.55. The highest BCUT2D eigenvalue weighted by atomic mass is 16.5. The highest BCUT2D eigenvalue weighted by molar-refractivity contribution is 5.83. The van der Waals surface area contributed by atoms with Gasteiger partial charge < -0.3 is 20.1 Å². The quantitative estimate of drug-likeness (QED) is 0.728. The van der Waals surface area contributed by atoms with Gasteiger partial charge in [0.2, 0.25) is 5.91 Å². The van der Waals surface area contributed by atoms with Crippen molar-refractivity contribution < 1.29 is 24.2 Å². The molecule has 0 unspecified atom stereocenters. The lowest BCUT2D eigenvalue weighted by molar-refractivity contribution is -0.155. The molecule has 0 aromatic heterocycles. The molecule has 1 saturated carbocycles. The topological polar surface area (TPSA) is 95.9 Å². The zero-order chi connectivity index (χ0) is 22.9. The van der Waals surface area contributed by atoms with Crippen LogP contribution in [0.4, 0.5) is 4.79 Å². The van der Waals surface area contributed by atoms with E-state index < -0.39 is 18.0 Å². The fraction of sp³-hybridized carbons (Fsp3) is 0.423. The summed E-state index contributed by atoms with van der Waals surface area (Å²) in [6.07, 6.45) is 2.55. The number of likely N-dealkylation sites (tertiary alicyclic amines) is 1. The van der Waals surface area contributed by atoms with Crippen LogP contribution in [0, 0.1) is 11.8 Å². The minimum atomic E-state index is -0.850. The van der Waals surface area contributed by atoms with Crippen molar-refractivity contribution >= 4 is 18.0 Å². The number of hydrogen-bond acceptors (Lipinski definition) is 4. The number of carbonyl (C=O) groups excluding carboxylic acids is 2. The number of fused-ring (bicyclic) bond motifs is 3. The van der Waals surface area contributed by atoms with Crippen molar-refractivity contribution in [3.8, 4) is 11.1 Å². The SMILES string of the molecule is O=C(N[C@@H]1CCC[C@@H](C(=O)N2CC(C(=O)O)C2)C1)OCC1c2ccccc2-c2ccccc21. The van der Waals surface area contributed by atoms with E-state index in [9.17, 15) is 14.4 Å². The molecule has 2 fully saturated rings. The smallest absolute Gasteiger partial charge is 0.407 e. The second-order valence-corrected chi connectivity index (χ2v) is 9.31. The summed E-state index contributed by atoms with van der Waals surface area (Å²) in [6.45, 7) is 0.837. The minimum absolute atomic E-state index is 0.00605. The fourth-order valence-corrected chi connectivity index (χ4v) is 5.42. The third-order valence-electron chi connectivity index (χ3n) is 7.23. The maximum Gasteiger partial charge on any atom is 0.407 e. The minimum Gasteiger partial charge on any atom is -0.481 e. The summed E-state index contributed by atoms with van der Waals surface area (Å²) in [7, 11) is 0. The van der Waals surface area contributed by atoms with Crippen molar-refractivity contribution in [3.63, 3.8) is 0 Å². The lowest BCUT2D eigenvalue weighted by Gasteiger charge is -2.40. The average molecular weight is 449 g/mol. The van der Waals surface area contributed by atoms with Gasteiger partial charge in [-0.1, -0.05) is 55.0 Å². The summed E-state index contributed by atoms with van der Waals surface area (Å²) in [5.74, 6) is -1.46. The predicted octanol–water partition coefficient (Wildman–Crippen LogP) is 3.63. The highest BCUT2D eigenvalue weighted by Crippen LogP contribution is 2.44. The number of carboxylic acid groups (broad SMARTS) is 1. The van der Waals surface area contributed by atoms with Crippen LogP contribution in [0.15, 0.2) is 48.5 Å². The second kappa shape index (κ2) is 8.89. The molecule has 2 aliphatic carbocycles. The first-order valence-electron chi connectivity index (χ1n) is 11.6. The molecule has 2 aromatic rings. The van der Waals surface area contributed by atoms with Crippen LogP contribution >= 0.6 is 0 Å². The first-order chi connectivity index (χ1) is 16.0. The first-order valence-corrected chi connectivity index (χ1v) is 11.6. The van der Waals surface area contributed by atoms with Gasteiger partial charge >= 0.3 is 12.1 Å². The molecule has 0 radical (unpaired) electrons. The number of rotatable bonds is 5. The number of nitrogens with one attached hydrogen (secondary N) is 1. The van der Waals surface area contributed by atoms with Crippen molar-refractivity contribution in [3.05, 3.63) is 59.7 Å². The van der Waals surface area contributed by atoms with E-state index in [1.165, 1.54) is 22.3 Å². The summed E-state index contributed by atoms with van der Waals surface area (Å²) in [4.78, 5) is 37.9. The number of amides is 2. The Labute approximate surface area is 192 Å². The van der Waals surface area contributed by atoms with Crippen LogP contribution in [0.5, 0.6) is 0 Å². The van der Waals surface area contributed by atoms with Crippen molar-refractivity contribution in [1.29, 1.82) is 0 Å². The number of ether oxygens (including phenoxy) is 1. The van der Waals surface area contributed by atoms with Crippen LogP contribution in [0.25, 0.3) is 11.1 Å². The van der Waals surface area contributed by atoms with Gasteiger partial charge in [0.1, 0.15) is 6.61 Å². The molecule has 7 heteroatoms. The third kappa shape index (κ3) is 4.19. The summed E-state index contributed by atoms with van der Waals surface area (Å²) < 4.78 is 5.65. The number of benzene rings is 2. The summed E-state index contributed by atoms with van der Waals surface area (Å²) in [5, 5.41) is 12.0. The molecular formula is C26H28N2O5. The normalized spacial score (nSPS) is 22.1. The Bertz CT molecular complexity index is 1030. The molecule has 1 aliphatic heterocycles. The van der Waals surface area contributed by atoms with Crippen LogP contribution in [0.1, 0.15) is 42.7 Å². The van der Waals surface area contributed by atoms with E-state index in [0.717, 1.165) is 19.3 Å². The Balaban J connectivity index is 1.15. The molecule has 2 N–H and O–H groups in total. The number of aliphatic carboxylic acids is 1. The Morgan fingerprint density at radius 3 is 2.21 bits per heavy atom. The molecule has 2 atom stereocenters. The van der Waals surface area contributed by atoms with Crippen molar-refractivity contribution in [2.24, 2.45) is 11.8 Å². The summed E-state index contributed by atoms with van der Waals surface area (Å²) in [5.41, 5.74) is 4.71. The zero-order valence-electron chi connectivity index (χ0n) is 18.4. The molecule has 1 heterocycles. The monoisotopic (exact) mass is 448 g/mol. The lowest BCUT2D eigenvalue weighted by atomic mass is 9.83. The van der Waals surface area contributed by atoms with Crippen LogP contribution in [-0.2, 0) is 14.3 Å². The molecule has 33 heavy (non-hydrogen) atoms. The Morgan fingerprint density at radius 2 is 1.58 bits per heavy atom. The van der Waals surface area contributed by atoms with E-state index in [0.29, 0.717) is 6.42 Å². The second-order valence-electron chi connectivity index (χ2n) is 9.31. The van der Waals surface area contributed by atoms with Crippen LogP contribution in [0.2, 0.25) is 0 Å². The molecule has 5 rings (SSSR count). The van der Waals surface area contributed by atoms with Gasteiger partial charge in [-0.05, 0) is 41.5 Å². The Morgan fingerprint density at radius 1 is 0.939 bits per heavy atom. The molecular weight excluding hydrogens is 420 g/mol. The summed E-state index contributed by atoms with van der Waals surface area (Å²) in [6, 6.07) is 16.3. The summed E-state index contributed by atoms with van der Waals surface area (Å²) >= 11 is 0. The fourth-order valence-electron chi connectivity index (χ4n) is 5.42. The van der Waals surface area contributed by atoms with Crippen LogP contribution < -0.4 is 5.32 Å². The van der Waals surface area contributed by atoms with Gasteiger partial charge in [-0.25, -0.2) is 4.79 Å². The number of nitrogens with zero attached hydrogens (tertiary/aromatic N) is 1. The van der Waals surface area contributed by atoms with Gasteiger partial charge in [-0.2, -0.15) is 0 Å². The van der Waals surface area contributed by atoms with Gasteiger partial charge in [-0.3, -0.25) is 9.59 Å². The molecule has 0 bridgehead atoms. The van der Waals surface area contributed by atoms with Gasteiger partial charge in [0, 0.05) is 31.0 Å². The largest absolute Gasteiger partial charge is 0.481 e. The molecule has 2 aromatic carbocycles. The number of hydrogen-bond donors (Lipinski definition) is 2. The Hall–Kier alpha value is -3.35. The van der Waals surface area contributed by atoms with Gasteiger partial charge in [0.25, 0.3) is 0 Å². The predicted molar refractivity (Wildman–Crippen MR) is 122 cm³/mol. The van der Waals surface area contributed by atoms with Crippen LogP contribution in [-0.4, -0.2) is 53.7 Å². The first kappa shape index (κ1) is 21.5. The van der Waals surface area contributed by atoms with Gasteiger partial charge in [0.15, 0.2) is 0 Å². The van der Waals surface area contributed by atoms with E-state index in [4.69, 9.17) is 9.84 Å². The Kier molecular flexibility index (Phi) is 5.79. The molecule has 0 spiro atoms. The zero-order valence-corrected chi connectivity index (χ0v) is 18.4. The van der Waals surface area contributed by atoms with Crippen molar-refractivity contribution in [2.45, 2.75) is 37.6 Å². The molecule has 2 amide bonds. The van der Waals surface area contributed by atoms with E-state index in [1.807, 2.05) is 24.3 Å². The standard InChI is InChI=1S/C26H28N2O5/c29-24(28-13-17(14-28)25(30)31)16-6-5-7-18(12-16)27-26(32)33-15-23-21-10-3-1-8-19(21)20-9-2-4-11-22(20)23/h1-4,8-11,16-18,23H,5-7,12-15H2,(H,27,32)(H,30,31)/t16-,18-/m1/s1. The van der Waals surface area contributed by atoms with Gasteiger partial charge in [-0.15, -0.1) is 0 Å². The van der Waals surface area contributed by atoms with E-state index in [-0.39, 0.29) is 43.5 Å². The van der Waals surface area contributed by atoms with Crippen molar-refractivity contribution in [2.75, 3.05) is 19.7 Å². The molecule has 1 saturated heterocycles. The average Bonchev–Trinajstić information content (AvgIpc) is 3.10. The third-order valence-corrected chi connectivity index (χ3v) is 7.23. The maximum absolute atomic E-state index is 12.7.